The van der Waals surface area contributed by atoms with Crippen LogP contribution < -0.4 is 5.01 Å². The van der Waals surface area contributed by atoms with Gasteiger partial charge >= 0.3 is 6.09 Å². The van der Waals surface area contributed by atoms with E-state index in [2.05, 4.69) is 15.4 Å². The summed E-state index contributed by atoms with van der Waals surface area (Å²) < 4.78 is 39.3. The number of nitrogens with zero attached hydrogens (tertiary/aromatic N) is 8. The van der Waals surface area contributed by atoms with E-state index in [0.717, 1.165) is 11.3 Å². The molecule has 0 aliphatic carbocycles. The van der Waals surface area contributed by atoms with Crippen molar-refractivity contribution in [1.82, 2.24) is 24.5 Å². The van der Waals surface area contributed by atoms with Crippen LogP contribution in [0.25, 0.3) is 16.6 Å². The summed E-state index contributed by atoms with van der Waals surface area (Å²) in [5.74, 6) is -0.0506. The summed E-state index contributed by atoms with van der Waals surface area (Å²) in [6.07, 6.45) is 1.59. The number of benzene rings is 2. The first-order valence-electron chi connectivity index (χ1n) is 14.0. The number of fused-ring (bicyclic) bond motifs is 2. The van der Waals surface area contributed by atoms with E-state index >= 15 is 4.39 Å². The molecule has 220 valence electrons. The van der Waals surface area contributed by atoms with E-state index in [-0.39, 0.29) is 18.2 Å². The Balaban J connectivity index is 1.43. The molecule has 0 bridgehead atoms. The van der Waals surface area contributed by atoms with Crippen molar-refractivity contribution in [3.8, 4) is 5.69 Å². The first-order chi connectivity index (χ1) is 19.8. The fourth-order valence-electron chi connectivity index (χ4n) is 5.82. The minimum atomic E-state index is -0.650. The topological polar surface area (TPSA) is 93.1 Å². The van der Waals surface area contributed by atoms with Crippen LogP contribution in [0.15, 0.2) is 40.8 Å². The van der Waals surface area contributed by atoms with Crippen molar-refractivity contribution in [2.24, 2.45) is 17.4 Å². The van der Waals surface area contributed by atoms with Gasteiger partial charge in [-0.2, -0.15) is 15.3 Å². The number of carbonyl (C=O) groups is 1. The van der Waals surface area contributed by atoms with Crippen molar-refractivity contribution >= 4 is 22.8 Å². The van der Waals surface area contributed by atoms with E-state index in [4.69, 9.17) is 9.84 Å². The lowest BCUT2D eigenvalue weighted by atomic mass is 9.99. The van der Waals surface area contributed by atoms with Crippen molar-refractivity contribution in [2.45, 2.75) is 65.6 Å². The third-order valence-electron chi connectivity index (χ3n) is 7.89. The highest BCUT2D eigenvalue weighted by Gasteiger charge is 2.39. The Morgan fingerprint density at radius 3 is 2.50 bits per heavy atom. The summed E-state index contributed by atoms with van der Waals surface area (Å²) in [5.41, 5.74) is 3.69. The standard InChI is InChI=1S/C30H34F2N8O2/c1-16-12-19(13-17(2)26(16)31)40-28(25-18(3)38(11-10-22(25)35-40)29(41)42-30(4,5)6)39-15-23(34-36-39)20-8-9-24-21(27(20)32)14-33-37(24)7/h8-9,12-14,18,23H,10-11,15H2,1-7H3/t18-,23?/m0/s1. The number of hydrogen-bond acceptors (Lipinski definition) is 7. The summed E-state index contributed by atoms with van der Waals surface area (Å²) in [5, 5.41) is 20.2. The third kappa shape index (κ3) is 4.58. The quantitative estimate of drug-likeness (QED) is 0.280. The Morgan fingerprint density at radius 2 is 1.81 bits per heavy atom. The molecule has 0 radical (unpaired) electrons. The van der Waals surface area contributed by atoms with Crippen LogP contribution in [0.1, 0.15) is 67.7 Å². The Hall–Kier alpha value is -4.35. The Labute approximate surface area is 242 Å². The van der Waals surface area contributed by atoms with Crippen LogP contribution >= 0.6 is 0 Å². The number of hydrogen-bond donors (Lipinski definition) is 0. The number of aryl methyl sites for hydroxylation is 3. The molecule has 10 nitrogen and oxygen atoms in total. The predicted octanol–water partition coefficient (Wildman–Crippen LogP) is 6.44. The number of halogens is 2. The fourth-order valence-corrected chi connectivity index (χ4v) is 5.82. The van der Waals surface area contributed by atoms with Crippen LogP contribution in [0.2, 0.25) is 0 Å². The summed E-state index contributed by atoms with van der Waals surface area (Å²) in [6.45, 7) is 11.5. The molecule has 42 heavy (non-hydrogen) atoms. The first kappa shape index (κ1) is 27.8. The SMILES string of the molecule is Cc1cc(-n2nc3c(c2N2CC(c4ccc5c(cnn5C)c4F)N=N2)[C@H](C)N(C(=O)OC(C)(C)C)CC3)cc(C)c1F. The minimum absolute atomic E-state index is 0.249. The van der Waals surface area contributed by atoms with Gasteiger partial charge in [0.15, 0.2) is 5.82 Å². The van der Waals surface area contributed by atoms with E-state index in [1.807, 2.05) is 33.8 Å². The van der Waals surface area contributed by atoms with E-state index in [9.17, 15) is 9.18 Å². The summed E-state index contributed by atoms with van der Waals surface area (Å²) in [4.78, 5) is 14.9. The van der Waals surface area contributed by atoms with Crippen molar-refractivity contribution in [3.63, 3.8) is 0 Å². The number of rotatable bonds is 3. The maximum Gasteiger partial charge on any atom is 0.410 e. The lowest BCUT2D eigenvalue weighted by Gasteiger charge is -2.35. The normalized spacial score (nSPS) is 18.7. The van der Waals surface area contributed by atoms with Gasteiger partial charge < -0.3 is 9.64 Å². The second kappa shape index (κ2) is 9.88. The van der Waals surface area contributed by atoms with Gasteiger partial charge in [-0.3, -0.25) is 4.68 Å². The van der Waals surface area contributed by atoms with Crippen LogP contribution in [0.3, 0.4) is 0 Å². The van der Waals surface area contributed by atoms with Gasteiger partial charge in [-0.25, -0.2) is 23.3 Å². The highest BCUT2D eigenvalue weighted by Crippen LogP contribution is 2.42. The maximum atomic E-state index is 15.6. The van der Waals surface area contributed by atoms with Crippen molar-refractivity contribution in [1.29, 1.82) is 0 Å². The number of amides is 1. The van der Waals surface area contributed by atoms with E-state index < -0.39 is 23.8 Å². The maximum absolute atomic E-state index is 15.6. The second-order valence-electron chi connectivity index (χ2n) is 12.1. The molecule has 4 aromatic rings. The van der Waals surface area contributed by atoms with Crippen molar-refractivity contribution in [3.05, 3.63) is 70.0 Å². The zero-order valence-electron chi connectivity index (χ0n) is 24.8. The molecule has 2 aromatic heterocycles. The summed E-state index contributed by atoms with van der Waals surface area (Å²) in [6, 6.07) is 6.05. The predicted molar refractivity (Wildman–Crippen MR) is 154 cm³/mol. The van der Waals surface area contributed by atoms with Gasteiger partial charge in [0.1, 0.15) is 23.3 Å². The molecule has 1 unspecified atom stereocenters. The third-order valence-corrected chi connectivity index (χ3v) is 7.89. The Morgan fingerprint density at radius 1 is 1.10 bits per heavy atom. The Bertz CT molecular complexity index is 1730. The first-order valence-corrected chi connectivity index (χ1v) is 14.0. The molecule has 6 rings (SSSR count). The largest absolute Gasteiger partial charge is 0.444 e. The zero-order chi connectivity index (χ0) is 30.1. The Kier molecular flexibility index (Phi) is 6.54. The molecular weight excluding hydrogens is 542 g/mol. The average molecular weight is 577 g/mol. The van der Waals surface area contributed by atoms with Gasteiger partial charge in [0.2, 0.25) is 0 Å². The van der Waals surface area contributed by atoms with Crippen molar-refractivity contribution in [2.75, 3.05) is 18.1 Å². The molecule has 0 N–H and O–H groups in total. The van der Waals surface area contributed by atoms with Gasteiger partial charge in [0, 0.05) is 31.1 Å². The summed E-state index contributed by atoms with van der Waals surface area (Å²) >= 11 is 0. The molecule has 4 heterocycles. The second-order valence-corrected chi connectivity index (χ2v) is 12.1. The van der Waals surface area contributed by atoms with Gasteiger partial charge in [-0.05, 0) is 70.9 Å². The molecular formula is C30H34F2N8O2. The van der Waals surface area contributed by atoms with Crippen LogP contribution in [0.4, 0.5) is 19.4 Å². The molecule has 1 amide bonds. The molecule has 0 fully saturated rings. The number of carbonyl (C=O) groups excluding carboxylic acids is 1. The van der Waals surface area contributed by atoms with Crippen LogP contribution in [0, 0.1) is 25.5 Å². The van der Waals surface area contributed by atoms with Crippen LogP contribution in [-0.2, 0) is 18.2 Å². The monoisotopic (exact) mass is 576 g/mol. The molecule has 2 atom stereocenters. The molecule has 0 saturated carbocycles. The van der Waals surface area contributed by atoms with Gasteiger partial charge in [-0.1, -0.05) is 11.3 Å². The molecule has 12 heteroatoms. The summed E-state index contributed by atoms with van der Waals surface area (Å²) in [7, 11) is 1.77. The van der Waals surface area contributed by atoms with Gasteiger partial charge in [0.05, 0.1) is 41.1 Å². The highest BCUT2D eigenvalue weighted by atomic mass is 19.1. The van der Waals surface area contributed by atoms with Crippen LogP contribution in [-0.4, -0.2) is 49.2 Å². The molecule has 0 saturated heterocycles. The average Bonchev–Trinajstić information content (AvgIpc) is 3.64. The van der Waals surface area contributed by atoms with Crippen LogP contribution in [0.5, 0.6) is 0 Å². The van der Waals surface area contributed by atoms with E-state index in [1.165, 1.54) is 6.20 Å². The van der Waals surface area contributed by atoms with Crippen molar-refractivity contribution < 1.29 is 18.3 Å². The number of aromatic nitrogens is 4. The molecule has 0 spiro atoms. The smallest absolute Gasteiger partial charge is 0.410 e. The molecule has 2 aliphatic rings. The fraction of sp³-hybridized carbons (Fsp3) is 0.433. The lowest BCUT2D eigenvalue weighted by Crippen LogP contribution is -2.42. The molecule has 2 aromatic carbocycles. The van der Waals surface area contributed by atoms with Gasteiger partial charge in [0.25, 0.3) is 0 Å². The van der Waals surface area contributed by atoms with E-state index in [0.29, 0.717) is 52.1 Å². The number of anilines is 1. The minimum Gasteiger partial charge on any atom is -0.444 e. The highest BCUT2D eigenvalue weighted by molar-refractivity contribution is 5.80. The number of ether oxygens (including phenoxy) is 1. The zero-order valence-corrected chi connectivity index (χ0v) is 24.8. The van der Waals surface area contributed by atoms with Gasteiger partial charge in [-0.15, -0.1) is 0 Å². The van der Waals surface area contributed by atoms with E-state index in [1.54, 1.807) is 58.4 Å². The lowest BCUT2D eigenvalue weighted by molar-refractivity contribution is 0.0159. The molecule has 2 aliphatic heterocycles.